The van der Waals surface area contributed by atoms with Gasteiger partial charge in [0, 0.05) is 19.5 Å². The number of nitrogens with one attached hydrogen (secondary N) is 2. The highest BCUT2D eigenvalue weighted by atomic mass is 16.5. The van der Waals surface area contributed by atoms with Crippen molar-refractivity contribution in [1.29, 1.82) is 0 Å². The van der Waals surface area contributed by atoms with Gasteiger partial charge in [-0.05, 0) is 47.5 Å². The molecule has 2 N–H and O–H groups in total. The Hall–Kier alpha value is -3.41. The van der Waals surface area contributed by atoms with Gasteiger partial charge in [-0.3, -0.25) is 0 Å². The molecular formula is C23H27N3O3. The number of benzene rings is 2. The maximum atomic E-state index is 5.40. The SMILES string of the molecule is COc1ccc(CNC(=NCc2cccc(OC)c2)NCCc2ccco2)cc1. The lowest BCUT2D eigenvalue weighted by Crippen LogP contribution is -2.38. The molecule has 0 aliphatic carbocycles. The third-order valence-electron chi connectivity index (χ3n) is 4.42. The van der Waals surface area contributed by atoms with Crippen molar-refractivity contribution < 1.29 is 13.9 Å². The molecule has 0 aliphatic heterocycles. The highest BCUT2D eigenvalue weighted by Crippen LogP contribution is 2.13. The largest absolute Gasteiger partial charge is 0.497 e. The third-order valence-corrected chi connectivity index (χ3v) is 4.42. The number of ether oxygens (including phenoxy) is 2. The number of guanidine groups is 1. The molecule has 152 valence electrons. The second kappa shape index (κ2) is 10.8. The summed E-state index contributed by atoms with van der Waals surface area (Å²) in [6.07, 6.45) is 2.48. The fraction of sp³-hybridized carbons (Fsp3) is 0.261. The van der Waals surface area contributed by atoms with Crippen molar-refractivity contribution in [1.82, 2.24) is 10.6 Å². The molecule has 0 saturated heterocycles. The number of furan rings is 1. The number of methoxy groups -OCH3 is 2. The lowest BCUT2D eigenvalue weighted by Gasteiger charge is -2.13. The Labute approximate surface area is 171 Å². The van der Waals surface area contributed by atoms with Crippen molar-refractivity contribution in [2.75, 3.05) is 20.8 Å². The summed E-state index contributed by atoms with van der Waals surface area (Å²) in [6.45, 7) is 1.94. The van der Waals surface area contributed by atoms with E-state index in [-0.39, 0.29) is 0 Å². The summed E-state index contributed by atoms with van der Waals surface area (Å²) in [5.41, 5.74) is 2.23. The van der Waals surface area contributed by atoms with Crippen LogP contribution in [0.5, 0.6) is 11.5 Å². The predicted molar refractivity (Wildman–Crippen MR) is 114 cm³/mol. The number of aliphatic imine (C=N–C) groups is 1. The van der Waals surface area contributed by atoms with E-state index in [1.807, 2.05) is 60.7 Å². The summed E-state index contributed by atoms with van der Waals surface area (Å²) in [4.78, 5) is 4.72. The topological polar surface area (TPSA) is 68.0 Å². The van der Waals surface area contributed by atoms with Gasteiger partial charge in [0.05, 0.1) is 27.0 Å². The number of nitrogens with zero attached hydrogens (tertiary/aromatic N) is 1. The van der Waals surface area contributed by atoms with Gasteiger partial charge in [0.1, 0.15) is 17.3 Å². The Morgan fingerprint density at radius 1 is 0.897 bits per heavy atom. The predicted octanol–water partition coefficient (Wildman–Crippen LogP) is 3.77. The van der Waals surface area contributed by atoms with Crippen molar-refractivity contribution in [3.05, 3.63) is 83.8 Å². The first kappa shape index (κ1) is 20.3. The number of rotatable bonds is 9. The lowest BCUT2D eigenvalue weighted by molar-refractivity contribution is 0.414. The average molecular weight is 393 g/mol. The van der Waals surface area contributed by atoms with Gasteiger partial charge in [0.2, 0.25) is 0 Å². The van der Waals surface area contributed by atoms with Gasteiger partial charge in [-0.1, -0.05) is 24.3 Å². The summed E-state index contributed by atoms with van der Waals surface area (Å²) in [5.74, 6) is 3.36. The summed E-state index contributed by atoms with van der Waals surface area (Å²) in [5, 5.41) is 6.76. The molecule has 0 amide bonds. The normalized spacial score (nSPS) is 11.2. The number of hydrogen-bond acceptors (Lipinski definition) is 4. The Kier molecular flexibility index (Phi) is 7.57. The molecule has 0 unspecified atom stereocenters. The van der Waals surface area contributed by atoms with E-state index in [0.717, 1.165) is 47.3 Å². The molecule has 0 atom stereocenters. The van der Waals surface area contributed by atoms with Crippen LogP contribution in [-0.4, -0.2) is 26.7 Å². The molecule has 3 aromatic rings. The van der Waals surface area contributed by atoms with Crippen LogP contribution in [0.3, 0.4) is 0 Å². The zero-order valence-electron chi connectivity index (χ0n) is 16.9. The molecule has 1 heterocycles. The highest BCUT2D eigenvalue weighted by molar-refractivity contribution is 5.79. The first-order valence-electron chi connectivity index (χ1n) is 9.57. The quantitative estimate of drug-likeness (QED) is 0.428. The maximum absolute atomic E-state index is 5.40. The van der Waals surface area contributed by atoms with Gasteiger partial charge < -0.3 is 24.5 Å². The van der Waals surface area contributed by atoms with Crippen molar-refractivity contribution in [3.8, 4) is 11.5 Å². The van der Waals surface area contributed by atoms with E-state index in [9.17, 15) is 0 Å². The Morgan fingerprint density at radius 3 is 2.45 bits per heavy atom. The fourth-order valence-corrected chi connectivity index (χ4v) is 2.80. The van der Waals surface area contributed by atoms with E-state index >= 15 is 0 Å². The van der Waals surface area contributed by atoms with Crippen molar-refractivity contribution in [2.24, 2.45) is 4.99 Å². The van der Waals surface area contributed by atoms with Crippen LogP contribution in [0.25, 0.3) is 0 Å². The van der Waals surface area contributed by atoms with E-state index in [4.69, 9.17) is 18.9 Å². The second-order valence-electron chi connectivity index (χ2n) is 6.47. The Bertz CT molecular complexity index is 890. The highest BCUT2D eigenvalue weighted by Gasteiger charge is 2.03. The van der Waals surface area contributed by atoms with E-state index in [0.29, 0.717) is 13.1 Å². The molecule has 29 heavy (non-hydrogen) atoms. The molecule has 3 rings (SSSR count). The van der Waals surface area contributed by atoms with Crippen LogP contribution < -0.4 is 20.1 Å². The fourth-order valence-electron chi connectivity index (χ4n) is 2.80. The van der Waals surface area contributed by atoms with Gasteiger partial charge in [-0.15, -0.1) is 0 Å². The molecule has 6 nitrogen and oxygen atoms in total. The Balaban J connectivity index is 1.62. The first-order chi connectivity index (χ1) is 14.3. The molecule has 0 radical (unpaired) electrons. The molecule has 0 aliphatic rings. The van der Waals surface area contributed by atoms with E-state index < -0.39 is 0 Å². The van der Waals surface area contributed by atoms with Crippen LogP contribution in [0.4, 0.5) is 0 Å². The van der Waals surface area contributed by atoms with Gasteiger partial charge in [-0.2, -0.15) is 0 Å². The molecule has 2 aromatic carbocycles. The molecule has 6 heteroatoms. The molecule has 1 aromatic heterocycles. The van der Waals surface area contributed by atoms with Crippen LogP contribution in [0.2, 0.25) is 0 Å². The van der Waals surface area contributed by atoms with Gasteiger partial charge in [-0.25, -0.2) is 4.99 Å². The minimum Gasteiger partial charge on any atom is -0.497 e. The van der Waals surface area contributed by atoms with E-state index in [2.05, 4.69) is 10.6 Å². The lowest BCUT2D eigenvalue weighted by atomic mass is 10.2. The minimum atomic E-state index is 0.551. The van der Waals surface area contributed by atoms with Crippen LogP contribution in [0.1, 0.15) is 16.9 Å². The van der Waals surface area contributed by atoms with Crippen molar-refractivity contribution in [3.63, 3.8) is 0 Å². The first-order valence-corrected chi connectivity index (χ1v) is 9.57. The summed E-state index contributed by atoms with van der Waals surface area (Å²) < 4.78 is 15.9. The summed E-state index contributed by atoms with van der Waals surface area (Å²) in [7, 11) is 3.33. The van der Waals surface area contributed by atoms with Crippen molar-refractivity contribution >= 4 is 5.96 Å². The van der Waals surface area contributed by atoms with Crippen LogP contribution >= 0.6 is 0 Å². The second-order valence-corrected chi connectivity index (χ2v) is 6.47. The van der Waals surface area contributed by atoms with Gasteiger partial charge in [0.25, 0.3) is 0 Å². The standard InChI is InChI=1S/C23H27N3O3/c1-27-20-10-8-18(9-11-20)16-25-23(24-13-12-21-7-4-14-29-21)26-17-19-5-3-6-22(15-19)28-2/h3-11,14-15H,12-13,16-17H2,1-2H3,(H2,24,25,26). The zero-order chi connectivity index (χ0) is 20.3. The minimum absolute atomic E-state index is 0.551. The van der Waals surface area contributed by atoms with Crippen LogP contribution in [0, 0.1) is 0 Å². The smallest absolute Gasteiger partial charge is 0.191 e. The Morgan fingerprint density at radius 2 is 1.72 bits per heavy atom. The summed E-state index contributed by atoms with van der Waals surface area (Å²) in [6, 6.07) is 19.8. The van der Waals surface area contributed by atoms with E-state index in [1.54, 1.807) is 20.5 Å². The van der Waals surface area contributed by atoms with Crippen LogP contribution in [-0.2, 0) is 19.5 Å². The van der Waals surface area contributed by atoms with E-state index in [1.165, 1.54) is 0 Å². The number of hydrogen-bond donors (Lipinski definition) is 2. The van der Waals surface area contributed by atoms with Gasteiger partial charge >= 0.3 is 0 Å². The molecule has 0 spiro atoms. The molecule has 0 bridgehead atoms. The average Bonchev–Trinajstić information content (AvgIpc) is 3.29. The zero-order valence-corrected chi connectivity index (χ0v) is 16.9. The monoisotopic (exact) mass is 393 g/mol. The van der Waals surface area contributed by atoms with Crippen LogP contribution in [0.15, 0.2) is 76.3 Å². The van der Waals surface area contributed by atoms with Gasteiger partial charge in [0.15, 0.2) is 5.96 Å². The maximum Gasteiger partial charge on any atom is 0.191 e. The third kappa shape index (κ3) is 6.60. The molecule has 0 saturated carbocycles. The molecular weight excluding hydrogens is 366 g/mol. The molecule has 0 fully saturated rings. The van der Waals surface area contributed by atoms with Crippen molar-refractivity contribution in [2.45, 2.75) is 19.5 Å². The summed E-state index contributed by atoms with van der Waals surface area (Å²) >= 11 is 0.